The molecule has 0 atom stereocenters. The van der Waals surface area contributed by atoms with E-state index in [-0.39, 0.29) is 16.9 Å². The van der Waals surface area contributed by atoms with Crippen LogP contribution in [-0.2, 0) is 8.85 Å². The fourth-order valence-electron chi connectivity index (χ4n) is 2.88. The Morgan fingerprint density at radius 1 is 0.682 bits per heavy atom. The fourth-order valence-corrected chi connectivity index (χ4v) is 6.36. The van der Waals surface area contributed by atoms with Gasteiger partial charge >= 0.3 is 8.56 Å². The van der Waals surface area contributed by atoms with Gasteiger partial charge in [0.05, 0.1) is 0 Å². The van der Waals surface area contributed by atoms with E-state index in [1.165, 1.54) is 51.4 Å². The molecule has 4 heteroatoms. The Kier molecular flexibility index (Phi) is 16.2. The molecule has 0 spiro atoms. The summed E-state index contributed by atoms with van der Waals surface area (Å²) in [6.07, 6.45) is 11.5. The Hall–Kier alpha value is 0.0669. The number of rotatable bonds is 14. The van der Waals surface area contributed by atoms with Gasteiger partial charge in [0, 0.05) is 12.2 Å². The van der Waals surface area contributed by atoms with Crippen LogP contribution >= 0.6 is 0 Å². The average molecular weight is 337 g/mol. The highest BCUT2D eigenvalue weighted by Gasteiger charge is 2.37. The number of hydrogen-bond donors (Lipinski definition) is 0. The highest BCUT2D eigenvalue weighted by atomic mass is 28.4. The molecule has 0 radical (unpaired) electrons. The van der Waals surface area contributed by atoms with Crippen molar-refractivity contribution in [1.82, 2.24) is 0 Å². The van der Waals surface area contributed by atoms with Crippen molar-refractivity contribution in [2.45, 2.75) is 117 Å². The van der Waals surface area contributed by atoms with Crippen molar-refractivity contribution in [2.24, 2.45) is 0 Å². The monoisotopic (exact) mass is 336 g/mol. The van der Waals surface area contributed by atoms with Crippen molar-refractivity contribution in [3.05, 3.63) is 0 Å². The summed E-state index contributed by atoms with van der Waals surface area (Å²) in [7, 11) is -1.98. The van der Waals surface area contributed by atoms with E-state index >= 15 is 0 Å². The highest BCUT2D eigenvalue weighted by Crippen LogP contribution is 2.26. The van der Waals surface area contributed by atoms with Crippen LogP contribution in [0.5, 0.6) is 0 Å². The van der Waals surface area contributed by atoms with Crippen LogP contribution in [0.1, 0.15) is 92.9 Å². The lowest BCUT2D eigenvalue weighted by Gasteiger charge is -2.33. The van der Waals surface area contributed by atoms with E-state index in [1.807, 2.05) is 0 Å². The summed E-state index contributed by atoms with van der Waals surface area (Å²) in [5.74, 6) is 0. The van der Waals surface area contributed by atoms with Crippen molar-refractivity contribution >= 4 is 8.56 Å². The molecule has 0 heterocycles. The van der Waals surface area contributed by atoms with Crippen molar-refractivity contribution in [3.8, 4) is 0 Å². The third kappa shape index (κ3) is 12.6. The van der Waals surface area contributed by atoms with Crippen LogP contribution in [0, 0.1) is 0 Å². The predicted molar refractivity (Wildman–Crippen MR) is 98.6 cm³/mol. The van der Waals surface area contributed by atoms with Gasteiger partial charge in [-0.2, -0.15) is 0 Å². The molecule has 0 fully saturated rings. The summed E-state index contributed by atoms with van der Waals surface area (Å²) in [6.45, 7) is 13.0. The van der Waals surface area contributed by atoms with E-state index in [2.05, 4.69) is 41.5 Å². The van der Waals surface area contributed by atoms with Gasteiger partial charge in [-0.3, -0.25) is 4.70 Å². The lowest BCUT2D eigenvalue weighted by atomic mass is 10.1. The van der Waals surface area contributed by atoms with Gasteiger partial charge in [-0.25, -0.2) is 0 Å². The zero-order valence-electron chi connectivity index (χ0n) is 16.0. The maximum absolute atomic E-state index is 6.27. The van der Waals surface area contributed by atoms with Crippen LogP contribution in [0.15, 0.2) is 0 Å². The molecule has 22 heavy (non-hydrogen) atoms. The Morgan fingerprint density at radius 2 is 1.09 bits per heavy atom. The average Bonchev–Trinajstić information content (AvgIpc) is 2.40. The minimum Gasteiger partial charge on any atom is -0.392 e. The van der Waals surface area contributed by atoms with Crippen molar-refractivity contribution in [1.29, 1.82) is 0 Å². The van der Waals surface area contributed by atoms with Crippen LogP contribution in [-0.4, -0.2) is 20.8 Å². The molecule has 0 aliphatic heterocycles. The molecule has 0 rings (SSSR count). The minimum atomic E-state index is -1.98. The molecular formula is C18H41FO2Si. The van der Waals surface area contributed by atoms with E-state index in [0.717, 1.165) is 12.1 Å². The largest absolute Gasteiger partial charge is 0.392 e. The summed E-state index contributed by atoms with van der Waals surface area (Å²) in [5, 5.41) is 0. The maximum atomic E-state index is 6.27. The van der Waals surface area contributed by atoms with Crippen molar-refractivity contribution < 1.29 is 13.6 Å². The smallest absolute Gasteiger partial charge is 0.338 e. The molecule has 0 aliphatic carbocycles. The predicted octanol–water partition coefficient (Wildman–Crippen LogP) is 6.59. The Balaban J connectivity index is 0. The van der Waals surface area contributed by atoms with Gasteiger partial charge in [0.1, 0.15) is 0 Å². The zero-order valence-corrected chi connectivity index (χ0v) is 17.0. The maximum Gasteiger partial charge on any atom is 0.338 e. The molecule has 0 saturated heterocycles. The molecule has 0 aliphatic rings. The number of hydrogen-bond acceptors (Lipinski definition) is 2. The van der Waals surface area contributed by atoms with Gasteiger partial charge in [-0.1, -0.05) is 65.2 Å². The van der Waals surface area contributed by atoms with Gasteiger partial charge in [0.25, 0.3) is 0 Å². The Bertz CT molecular complexity index is 225. The molecule has 0 aromatic rings. The molecule has 136 valence electrons. The van der Waals surface area contributed by atoms with E-state index in [4.69, 9.17) is 8.85 Å². The molecular weight excluding hydrogens is 295 g/mol. The first kappa shape index (κ1) is 24.3. The van der Waals surface area contributed by atoms with E-state index in [0.29, 0.717) is 0 Å². The topological polar surface area (TPSA) is 18.5 Å². The van der Waals surface area contributed by atoms with Crippen LogP contribution in [0.25, 0.3) is 0 Å². The first-order valence-electron chi connectivity index (χ1n) is 9.31. The molecule has 0 saturated carbocycles. The molecule has 0 aromatic carbocycles. The second-order valence-corrected chi connectivity index (χ2v) is 10.3. The lowest BCUT2D eigenvalue weighted by Crippen LogP contribution is -2.45. The Labute approximate surface area is 140 Å². The first-order chi connectivity index (χ1) is 9.95. The van der Waals surface area contributed by atoms with E-state index in [1.54, 1.807) is 0 Å². The lowest BCUT2D eigenvalue weighted by molar-refractivity contribution is 0.104. The SMILES string of the molecule is CCCCCCCCCC[Si](CC)(OC(C)C)OC(C)C.F. The van der Waals surface area contributed by atoms with E-state index in [9.17, 15) is 0 Å². The first-order valence-corrected chi connectivity index (χ1v) is 11.5. The molecule has 0 bridgehead atoms. The van der Waals surface area contributed by atoms with Gasteiger partial charge < -0.3 is 8.85 Å². The molecule has 0 aromatic heterocycles. The van der Waals surface area contributed by atoms with Crippen LogP contribution < -0.4 is 0 Å². The van der Waals surface area contributed by atoms with Gasteiger partial charge in [0.2, 0.25) is 0 Å². The molecule has 2 nitrogen and oxygen atoms in total. The number of unbranched alkanes of at least 4 members (excludes halogenated alkanes) is 7. The van der Waals surface area contributed by atoms with Crippen LogP contribution in [0.4, 0.5) is 4.70 Å². The number of halogens is 1. The molecule has 0 N–H and O–H groups in total. The fraction of sp³-hybridized carbons (Fsp3) is 1.00. The van der Waals surface area contributed by atoms with Gasteiger partial charge in [-0.05, 0) is 39.8 Å². The normalized spacial score (nSPS) is 12.0. The molecule has 0 unspecified atom stereocenters. The summed E-state index contributed by atoms with van der Waals surface area (Å²) in [4.78, 5) is 0. The van der Waals surface area contributed by atoms with Crippen LogP contribution in [0.3, 0.4) is 0 Å². The third-order valence-electron chi connectivity index (χ3n) is 3.85. The minimum absolute atomic E-state index is 0. The second-order valence-electron chi connectivity index (χ2n) is 6.82. The van der Waals surface area contributed by atoms with Gasteiger partial charge in [-0.15, -0.1) is 0 Å². The third-order valence-corrected chi connectivity index (χ3v) is 7.85. The summed E-state index contributed by atoms with van der Waals surface area (Å²) in [5.41, 5.74) is 0. The van der Waals surface area contributed by atoms with Crippen molar-refractivity contribution in [2.75, 3.05) is 0 Å². The van der Waals surface area contributed by atoms with Gasteiger partial charge in [0.15, 0.2) is 0 Å². The zero-order chi connectivity index (χ0) is 16.1. The second kappa shape index (κ2) is 14.6. The highest BCUT2D eigenvalue weighted by molar-refractivity contribution is 6.67. The summed E-state index contributed by atoms with van der Waals surface area (Å²) < 4.78 is 12.5. The standard InChI is InChI=1S/C18H40O2Si.FH/c1-7-9-10-11-12-13-14-15-16-21(8-2,19-17(3)4)20-18(5)6;/h17-18H,7-16H2,1-6H3;1H. The van der Waals surface area contributed by atoms with Crippen molar-refractivity contribution in [3.63, 3.8) is 0 Å². The van der Waals surface area contributed by atoms with Crippen LogP contribution in [0.2, 0.25) is 12.1 Å². The quantitative estimate of drug-likeness (QED) is 0.263. The summed E-state index contributed by atoms with van der Waals surface area (Å²) >= 11 is 0. The molecule has 0 amide bonds. The summed E-state index contributed by atoms with van der Waals surface area (Å²) in [6, 6.07) is 2.23. The Morgan fingerprint density at radius 3 is 1.45 bits per heavy atom. The van der Waals surface area contributed by atoms with E-state index < -0.39 is 8.56 Å².